The number of aromatic nitrogens is 1. The highest BCUT2D eigenvalue weighted by atomic mass is 19.1. The van der Waals surface area contributed by atoms with Gasteiger partial charge in [0.2, 0.25) is 0 Å². The van der Waals surface area contributed by atoms with Gasteiger partial charge in [0.15, 0.2) is 0 Å². The van der Waals surface area contributed by atoms with Gasteiger partial charge < -0.3 is 10.6 Å². The number of carbonyl (C=O) groups is 1. The summed E-state index contributed by atoms with van der Waals surface area (Å²) in [5.74, 6) is -0.295. The third kappa shape index (κ3) is 4.86. The van der Waals surface area contributed by atoms with Gasteiger partial charge in [-0.3, -0.25) is 4.79 Å². The number of amides is 1. The van der Waals surface area contributed by atoms with E-state index in [4.69, 9.17) is 0 Å². The van der Waals surface area contributed by atoms with Gasteiger partial charge in [-0.05, 0) is 60.5 Å². The summed E-state index contributed by atoms with van der Waals surface area (Å²) >= 11 is 0. The molecule has 3 aromatic rings. The van der Waals surface area contributed by atoms with Gasteiger partial charge in [-0.2, -0.15) is 0 Å². The van der Waals surface area contributed by atoms with Crippen molar-refractivity contribution in [2.75, 3.05) is 17.2 Å². The van der Waals surface area contributed by atoms with Crippen molar-refractivity contribution in [2.24, 2.45) is 0 Å². The van der Waals surface area contributed by atoms with Crippen molar-refractivity contribution in [3.63, 3.8) is 0 Å². The summed E-state index contributed by atoms with van der Waals surface area (Å²) in [6.45, 7) is 0.653. The van der Waals surface area contributed by atoms with Crippen molar-refractivity contribution in [2.45, 2.75) is 6.42 Å². The van der Waals surface area contributed by atoms with Crippen LogP contribution < -0.4 is 10.6 Å². The first-order chi connectivity index (χ1) is 12.6. The molecular weight excluding hydrogens is 336 g/mol. The summed E-state index contributed by atoms with van der Waals surface area (Å²) in [6, 6.07) is 15.2. The molecule has 0 spiro atoms. The molecule has 1 heterocycles. The van der Waals surface area contributed by atoms with E-state index in [9.17, 15) is 13.6 Å². The Morgan fingerprint density at radius 1 is 0.885 bits per heavy atom. The summed E-state index contributed by atoms with van der Waals surface area (Å²) < 4.78 is 25.7. The van der Waals surface area contributed by atoms with Gasteiger partial charge in [-0.25, -0.2) is 13.8 Å². The number of hydrogen-bond donors (Lipinski definition) is 2. The molecule has 0 bridgehead atoms. The number of hydrogen-bond acceptors (Lipinski definition) is 3. The van der Waals surface area contributed by atoms with Gasteiger partial charge in [0.25, 0.3) is 5.91 Å². The molecule has 0 aliphatic carbocycles. The van der Waals surface area contributed by atoms with E-state index >= 15 is 0 Å². The van der Waals surface area contributed by atoms with Crippen LogP contribution in [0.4, 0.5) is 20.3 Å². The van der Waals surface area contributed by atoms with Crippen LogP contribution >= 0.6 is 0 Å². The molecule has 1 amide bonds. The van der Waals surface area contributed by atoms with Gasteiger partial charge in [0, 0.05) is 12.1 Å². The van der Waals surface area contributed by atoms with Crippen LogP contribution in [-0.4, -0.2) is 17.4 Å². The smallest absolute Gasteiger partial charge is 0.255 e. The lowest BCUT2D eigenvalue weighted by molar-refractivity contribution is 0.102. The highest BCUT2D eigenvalue weighted by molar-refractivity contribution is 6.04. The third-order valence-electron chi connectivity index (χ3n) is 3.76. The number of nitrogens with zero attached hydrogens (tertiary/aromatic N) is 1. The van der Waals surface area contributed by atoms with E-state index < -0.39 is 0 Å². The van der Waals surface area contributed by atoms with Crippen molar-refractivity contribution < 1.29 is 13.6 Å². The first-order valence-corrected chi connectivity index (χ1v) is 8.11. The molecule has 0 fully saturated rings. The van der Waals surface area contributed by atoms with Crippen molar-refractivity contribution >= 4 is 17.4 Å². The van der Waals surface area contributed by atoms with Crippen LogP contribution in [0.2, 0.25) is 0 Å². The average Bonchev–Trinajstić information content (AvgIpc) is 2.65. The summed E-state index contributed by atoms with van der Waals surface area (Å²) in [5.41, 5.74) is 1.94. The molecule has 1 aromatic heterocycles. The number of benzene rings is 2. The van der Waals surface area contributed by atoms with Crippen LogP contribution in [0.3, 0.4) is 0 Å². The maximum absolute atomic E-state index is 12.9. The second-order valence-electron chi connectivity index (χ2n) is 5.70. The maximum atomic E-state index is 12.9. The van der Waals surface area contributed by atoms with Crippen LogP contribution in [0.15, 0.2) is 66.9 Å². The van der Waals surface area contributed by atoms with Crippen LogP contribution in [0.25, 0.3) is 0 Å². The van der Waals surface area contributed by atoms with Gasteiger partial charge in [-0.1, -0.05) is 12.1 Å². The zero-order valence-corrected chi connectivity index (χ0v) is 13.9. The molecule has 0 saturated heterocycles. The monoisotopic (exact) mass is 353 g/mol. The third-order valence-corrected chi connectivity index (χ3v) is 3.76. The number of nitrogens with one attached hydrogen (secondary N) is 2. The molecular formula is C20H17F2N3O. The number of anilines is 2. The Bertz CT molecular complexity index is 863. The Labute approximate surface area is 149 Å². The molecule has 0 saturated carbocycles. The standard InChI is InChI=1S/C20H17F2N3O/c21-16-5-1-14(2-6-16)11-12-23-19-10-9-18(13-24-19)25-20(26)15-3-7-17(22)8-4-15/h1-10,13H,11-12H2,(H,23,24)(H,25,26). The highest BCUT2D eigenvalue weighted by Gasteiger charge is 2.06. The fraction of sp³-hybridized carbons (Fsp3) is 0.100. The topological polar surface area (TPSA) is 54.0 Å². The molecule has 4 nitrogen and oxygen atoms in total. The Balaban J connectivity index is 1.50. The predicted molar refractivity (Wildman–Crippen MR) is 97.2 cm³/mol. The van der Waals surface area contributed by atoms with E-state index in [0.717, 1.165) is 12.0 Å². The molecule has 6 heteroatoms. The number of pyridine rings is 1. The maximum Gasteiger partial charge on any atom is 0.255 e. The Kier molecular flexibility index (Phi) is 5.53. The zero-order chi connectivity index (χ0) is 18.4. The van der Waals surface area contributed by atoms with Gasteiger partial charge in [0.05, 0.1) is 11.9 Å². The highest BCUT2D eigenvalue weighted by Crippen LogP contribution is 2.12. The van der Waals surface area contributed by atoms with Gasteiger partial charge in [0.1, 0.15) is 17.5 Å². The van der Waals surface area contributed by atoms with Crippen LogP contribution in [0, 0.1) is 11.6 Å². The SMILES string of the molecule is O=C(Nc1ccc(NCCc2ccc(F)cc2)nc1)c1ccc(F)cc1. The summed E-state index contributed by atoms with van der Waals surface area (Å²) in [7, 11) is 0. The Morgan fingerprint density at radius 2 is 1.54 bits per heavy atom. The van der Waals surface area contributed by atoms with Gasteiger partial charge in [-0.15, -0.1) is 0 Å². The number of carbonyl (C=O) groups excluding carboxylic acids is 1. The molecule has 0 radical (unpaired) electrons. The van der Waals surface area contributed by atoms with Crippen LogP contribution in [0.1, 0.15) is 15.9 Å². The minimum atomic E-state index is -0.390. The Morgan fingerprint density at radius 3 is 2.15 bits per heavy atom. The molecule has 2 N–H and O–H groups in total. The lowest BCUT2D eigenvalue weighted by Crippen LogP contribution is -2.12. The molecule has 0 atom stereocenters. The molecule has 2 aromatic carbocycles. The lowest BCUT2D eigenvalue weighted by Gasteiger charge is -2.08. The molecule has 0 unspecified atom stereocenters. The van der Waals surface area contributed by atoms with Crippen molar-refractivity contribution in [3.8, 4) is 0 Å². The van der Waals surface area contributed by atoms with E-state index in [1.165, 1.54) is 36.4 Å². The van der Waals surface area contributed by atoms with Crippen molar-refractivity contribution in [1.82, 2.24) is 4.98 Å². The molecule has 3 rings (SSSR count). The zero-order valence-electron chi connectivity index (χ0n) is 13.9. The van der Waals surface area contributed by atoms with E-state index in [1.54, 1.807) is 30.5 Å². The normalized spacial score (nSPS) is 10.4. The van der Waals surface area contributed by atoms with Crippen LogP contribution in [0.5, 0.6) is 0 Å². The lowest BCUT2D eigenvalue weighted by atomic mass is 10.1. The number of rotatable bonds is 6. The summed E-state index contributed by atoms with van der Waals surface area (Å²) in [5, 5.41) is 5.87. The first-order valence-electron chi connectivity index (χ1n) is 8.11. The fourth-order valence-corrected chi connectivity index (χ4v) is 2.36. The average molecular weight is 353 g/mol. The molecule has 132 valence electrons. The van der Waals surface area contributed by atoms with Gasteiger partial charge >= 0.3 is 0 Å². The molecule has 0 aliphatic rings. The largest absolute Gasteiger partial charge is 0.370 e. The quantitative estimate of drug-likeness (QED) is 0.696. The molecule has 0 aliphatic heterocycles. The number of halogens is 2. The van der Waals surface area contributed by atoms with E-state index in [-0.39, 0.29) is 17.5 Å². The minimum Gasteiger partial charge on any atom is -0.370 e. The second kappa shape index (κ2) is 8.20. The predicted octanol–water partition coefficient (Wildman–Crippen LogP) is 4.27. The summed E-state index contributed by atoms with van der Waals surface area (Å²) in [6.07, 6.45) is 2.28. The van der Waals surface area contributed by atoms with E-state index in [2.05, 4.69) is 15.6 Å². The minimum absolute atomic E-state index is 0.248. The first kappa shape index (κ1) is 17.5. The van der Waals surface area contributed by atoms with E-state index in [1.807, 2.05) is 0 Å². The van der Waals surface area contributed by atoms with E-state index in [0.29, 0.717) is 23.6 Å². The molecule has 26 heavy (non-hydrogen) atoms. The Hall–Kier alpha value is -3.28. The second-order valence-corrected chi connectivity index (χ2v) is 5.70. The fourth-order valence-electron chi connectivity index (χ4n) is 2.36. The van der Waals surface area contributed by atoms with Crippen molar-refractivity contribution in [3.05, 3.63) is 89.6 Å². The van der Waals surface area contributed by atoms with Crippen LogP contribution in [-0.2, 0) is 6.42 Å². The summed E-state index contributed by atoms with van der Waals surface area (Å²) in [4.78, 5) is 16.3. The van der Waals surface area contributed by atoms with Crippen molar-refractivity contribution in [1.29, 1.82) is 0 Å².